The van der Waals surface area contributed by atoms with Crippen LogP contribution in [0.1, 0.15) is 40.5 Å². The average Bonchev–Trinajstić information content (AvgIpc) is 2.26. The molecule has 4 heteroatoms. The summed E-state index contributed by atoms with van der Waals surface area (Å²) in [6.07, 6.45) is 2.37. The molecule has 1 heterocycles. The van der Waals surface area contributed by atoms with Gasteiger partial charge in [-0.1, -0.05) is 20.8 Å². The number of morpholine rings is 1. The van der Waals surface area contributed by atoms with Gasteiger partial charge in [0, 0.05) is 18.0 Å². The first-order valence-electron chi connectivity index (χ1n) is 6.57. The normalized spacial score (nSPS) is 27.1. The highest BCUT2D eigenvalue weighted by atomic mass is 16.5. The summed E-state index contributed by atoms with van der Waals surface area (Å²) in [5.41, 5.74) is 5.43. The molecule has 1 fully saturated rings. The Hall–Kier alpha value is -0.610. The summed E-state index contributed by atoms with van der Waals surface area (Å²) >= 11 is 0. The topological polar surface area (TPSA) is 62.3 Å². The molecular formula is C13H27N3O. The van der Waals surface area contributed by atoms with Gasteiger partial charge in [0.1, 0.15) is 0 Å². The van der Waals surface area contributed by atoms with E-state index in [1.807, 2.05) is 13.8 Å². The van der Waals surface area contributed by atoms with Crippen LogP contribution in [-0.4, -0.2) is 42.6 Å². The van der Waals surface area contributed by atoms with E-state index in [9.17, 15) is 0 Å². The van der Waals surface area contributed by atoms with Gasteiger partial charge in [0.2, 0.25) is 0 Å². The van der Waals surface area contributed by atoms with Gasteiger partial charge in [0.05, 0.1) is 18.5 Å². The van der Waals surface area contributed by atoms with Crippen molar-refractivity contribution < 1.29 is 4.74 Å². The van der Waals surface area contributed by atoms with Crippen molar-refractivity contribution in [3.63, 3.8) is 0 Å². The Morgan fingerprint density at radius 3 is 2.71 bits per heavy atom. The molecule has 0 aliphatic carbocycles. The van der Waals surface area contributed by atoms with Crippen molar-refractivity contribution in [2.45, 2.75) is 52.7 Å². The molecule has 0 spiro atoms. The highest BCUT2D eigenvalue weighted by molar-refractivity contribution is 5.82. The van der Waals surface area contributed by atoms with E-state index in [2.05, 4.69) is 18.7 Å². The quantitative estimate of drug-likeness (QED) is 0.570. The second-order valence-corrected chi connectivity index (χ2v) is 5.75. The van der Waals surface area contributed by atoms with Gasteiger partial charge in [0.15, 0.2) is 0 Å². The van der Waals surface area contributed by atoms with Crippen LogP contribution in [0, 0.1) is 10.8 Å². The molecule has 4 nitrogen and oxygen atoms in total. The van der Waals surface area contributed by atoms with E-state index in [0.29, 0.717) is 12.1 Å². The van der Waals surface area contributed by atoms with Gasteiger partial charge in [0.25, 0.3) is 0 Å². The zero-order chi connectivity index (χ0) is 13.1. The van der Waals surface area contributed by atoms with E-state index in [4.69, 9.17) is 15.9 Å². The van der Waals surface area contributed by atoms with Crippen LogP contribution < -0.4 is 5.73 Å². The van der Waals surface area contributed by atoms with Crippen LogP contribution in [0.5, 0.6) is 0 Å². The maximum atomic E-state index is 7.58. The number of hydrogen-bond donors (Lipinski definition) is 2. The lowest BCUT2D eigenvalue weighted by Crippen LogP contribution is -2.49. The van der Waals surface area contributed by atoms with Crippen LogP contribution in [0.4, 0.5) is 0 Å². The predicted molar refractivity (Wildman–Crippen MR) is 71.4 cm³/mol. The van der Waals surface area contributed by atoms with Crippen LogP contribution in [0.2, 0.25) is 0 Å². The third kappa shape index (κ3) is 3.96. The molecule has 0 amide bonds. The molecule has 1 saturated heterocycles. The summed E-state index contributed by atoms with van der Waals surface area (Å²) in [5.74, 6) is 0.284. The Bertz CT molecular complexity index is 265. The summed E-state index contributed by atoms with van der Waals surface area (Å²) in [6, 6.07) is 0.522. The number of hydrogen-bond acceptors (Lipinski definition) is 3. The molecule has 100 valence electrons. The molecule has 0 aromatic heterocycles. The molecule has 1 rings (SSSR count). The van der Waals surface area contributed by atoms with E-state index < -0.39 is 0 Å². The Morgan fingerprint density at radius 2 is 2.18 bits per heavy atom. The Balaban J connectivity index is 2.51. The van der Waals surface area contributed by atoms with Crippen LogP contribution >= 0.6 is 0 Å². The van der Waals surface area contributed by atoms with Gasteiger partial charge < -0.3 is 10.5 Å². The highest BCUT2D eigenvalue weighted by Gasteiger charge is 2.28. The molecular weight excluding hydrogens is 214 g/mol. The van der Waals surface area contributed by atoms with E-state index in [1.54, 1.807) is 0 Å². The van der Waals surface area contributed by atoms with Crippen molar-refractivity contribution in [3.8, 4) is 0 Å². The molecule has 3 N–H and O–H groups in total. The fourth-order valence-corrected chi connectivity index (χ4v) is 2.12. The van der Waals surface area contributed by atoms with Gasteiger partial charge in [-0.2, -0.15) is 0 Å². The molecule has 2 atom stereocenters. The van der Waals surface area contributed by atoms with Gasteiger partial charge in [-0.25, -0.2) is 0 Å². The largest absolute Gasteiger partial charge is 0.387 e. The van der Waals surface area contributed by atoms with E-state index in [0.717, 1.165) is 32.5 Å². The fraction of sp³-hybridized carbons (Fsp3) is 0.923. The minimum Gasteiger partial charge on any atom is -0.387 e. The van der Waals surface area contributed by atoms with Gasteiger partial charge >= 0.3 is 0 Å². The van der Waals surface area contributed by atoms with Crippen LogP contribution in [0.3, 0.4) is 0 Å². The first kappa shape index (κ1) is 14.5. The van der Waals surface area contributed by atoms with E-state index in [1.165, 1.54) is 0 Å². The summed E-state index contributed by atoms with van der Waals surface area (Å²) in [5, 5.41) is 7.58. The SMILES string of the molecule is CCC1COC(C)CN1CCC(C)(C)C(=N)N. The fourth-order valence-electron chi connectivity index (χ4n) is 2.12. The highest BCUT2D eigenvalue weighted by Crippen LogP contribution is 2.23. The number of ether oxygens (including phenoxy) is 1. The minimum atomic E-state index is -0.195. The minimum absolute atomic E-state index is 0.195. The van der Waals surface area contributed by atoms with Crippen molar-refractivity contribution in [3.05, 3.63) is 0 Å². The molecule has 1 aliphatic heterocycles. The lowest BCUT2D eigenvalue weighted by Gasteiger charge is -2.39. The van der Waals surface area contributed by atoms with Crippen molar-refractivity contribution in [2.24, 2.45) is 11.1 Å². The first-order chi connectivity index (χ1) is 7.86. The maximum absolute atomic E-state index is 7.58. The van der Waals surface area contributed by atoms with Crippen molar-refractivity contribution in [1.82, 2.24) is 4.90 Å². The Labute approximate surface area is 105 Å². The first-order valence-corrected chi connectivity index (χ1v) is 6.57. The van der Waals surface area contributed by atoms with Gasteiger partial charge in [-0.05, 0) is 26.3 Å². The predicted octanol–water partition coefficient (Wildman–Crippen LogP) is 1.84. The standard InChI is InChI=1S/C13H27N3O/c1-5-11-9-17-10(2)8-16(11)7-6-13(3,4)12(14)15/h10-11H,5-9H2,1-4H3,(H3,14,15). The molecule has 0 saturated carbocycles. The number of nitrogens with one attached hydrogen (secondary N) is 1. The number of nitrogens with zero attached hydrogens (tertiary/aromatic N) is 1. The third-order valence-corrected chi connectivity index (χ3v) is 3.81. The average molecular weight is 241 g/mol. The molecule has 17 heavy (non-hydrogen) atoms. The summed E-state index contributed by atoms with van der Waals surface area (Å²) in [6.45, 7) is 11.2. The monoisotopic (exact) mass is 241 g/mol. The Morgan fingerprint density at radius 1 is 1.53 bits per heavy atom. The van der Waals surface area contributed by atoms with Crippen molar-refractivity contribution >= 4 is 5.84 Å². The van der Waals surface area contributed by atoms with Crippen LogP contribution in [-0.2, 0) is 4.74 Å². The maximum Gasteiger partial charge on any atom is 0.0963 e. The zero-order valence-corrected chi connectivity index (χ0v) is 11.6. The molecule has 1 aliphatic rings. The van der Waals surface area contributed by atoms with Crippen LogP contribution in [0.25, 0.3) is 0 Å². The second-order valence-electron chi connectivity index (χ2n) is 5.75. The van der Waals surface area contributed by atoms with Crippen molar-refractivity contribution in [2.75, 3.05) is 19.7 Å². The third-order valence-electron chi connectivity index (χ3n) is 3.81. The Kier molecular flexibility index (Phi) is 4.95. The summed E-state index contributed by atoms with van der Waals surface area (Å²) in [4.78, 5) is 2.48. The van der Waals surface area contributed by atoms with E-state index >= 15 is 0 Å². The number of amidine groups is 1. The molecule has 0 aromatic rings. The van der Waals surface area contributed by atoms with Gasteiger partial charge in [-0.3, -0.25) is 10.3 Å². The lowest BCUT2D eigenvalue weighted by molar-refractivity contribution is -0.0575. The number of rotatable bonds is 5. The number of nitrogens with two attached hydrogens (primary N) is 1. The zero-order valence-electron chi connectivity index (χ0n) is 11.6. The van der Waals surface area contributed by atoms with E-state index in [-0.39, 0.29) is 11.3 Å². The summed E-state index contributed by atoms with van der Waals surface area (Å²) < 4.78 is 5.68. The summed E-state index contributed by atoms with van der Waals surface area (Å²) in [7, 11) is 0. The van der Waals surface area contributed by atoms with Crippen molar-refractivity contribution in [1.29, 1.82) is 5.41 Å². The van der Waals surface area contributed by atoms with Gasteiger partial charge in [-0.15, -0.1) is 0 Å². The lowest BCUT2D eigenvalue weighted by atomic mass is 9.87. The van der Waals surface area contributed by atoms with Crippen LogP contribution in [0.15, 0.2) is 0 Å². The molecule has 0 bridgehead atoms. The molecule has 0 radical (unpaired) electrons. The smallest absolute Gasteiger partial charge is 0.0963 e. The molecule has 0 aromatic carbocycles. The molecule has 2 unspecified atom stereocenters. The second kappa shape index (κ2) is 5.83.